The predicted molar refractivity (Wildman–Crippen MR) is 104 cm³/mol. The number of nitrogens with zero attached hydrogens (tertiary/aromatic N) is 2. The predicted octanol–water partition coefficient (Wildman–Crippen LogP) is 5.80. The summed E-state index contributed by atoms with van der Waals surface area (Å²) in [5.74, 6) is 0.553. The maximum Gasteiger partial charge on any atom is 0.0970 e. The molecule has 0 unspecified atom stereocenters. The number of benzene rings is 2. The average Bonchev–Trinajstić information content (AvgIpc) is 3.06. The lowest BCUT2D eigenvalue weighted by atomic mass is 9.96. The molecule has 2 nitrogen and oxygen atoms in total. The van der Waals surface area contributed by atoms with Crippen LogP contribution in [0.15, 0.2) is 55.1 Å². The molecule has 2 heterocycles. The third kappa shape index (κ3) is 2.94. The second-order valence-electron chi connectivity index (χ2n) is 6.21. The van der Waals surface area contributed by atoms with E-state index in [0.717, 1.165) is 47.7 Å². The van der Waals surface area contributed by atoms with Gasteiger partial charge in [0.25, 0.3) is 0 Å². The zero-order valence-corrected chi connectivity index (χ0v) is 15.0. The third-order valence-corrected chi connectivity index (χ3v) is 6.25. The highest BCUT2D eigenvalue weighted by molar-refractivity contribution is 7.18. The first-order chi connectivity index (χ1) is 11.7. The summed E-state index contributed by atoms with van der Waals surface area (Å²) in [5.41, 5.74) is 3.20. The molecule has 0 spiro atoms. The van der Waals surface area contributed by atoms with Gasteiger partial charge in [-0.3, -0.25) is 0 Å². The summed E-state index contributed by atoms with van der Waals surface area (Å²) in [4.78, 5) is 7.19. The van der Waals surface area contributed by atoms with Crippen LogP contribution in [0.25, 0.3) is 15.9 Å². The average molecular weight is 355 g/mol. The lowest BCUT2D eigenvalue weighted by Crippen LogP contribution is -2.31. The largest absolute Gasteiger partial charge is 0.371 e. The summed E-state index contributed by atoms with van der Waals surface area (Å²) in [5, 5.41) is 2.05. The lowest BCUT2D eigenvalue weighted by Gasteiger charge is -2.34. The quantitative estimate of drug-likeness (QED) is 0.590. The molecule has 0 aliphatic carbocycles. The molecule has 0 atom stereocenters. The Bertz CT molecular complexity index is 845. The van der Waals surface area contributed by atoms with Crippen LogP contribution in [0.2, 0.25) is 5.02 Å². The Labute approximate surface area is 151 Å². The van der Waals surface area contributed by atoms with E-state index >= 15 is 0 Å². The van der Waals surface area contributed by atoms with E-state index in [1.54, 1.807) is 0 Å². The van der Waals surface area contributed by atoms with Gasteiger partial charge in [0.2, 0.25) is 0 Å². The van der Waals surface area contributed by atoms with Crippen molar-refractivity contribution in [3.05, 3.63) is 70.7 Å². The first-order valence-corrected chi connectivity index (χ1v) is 9.46. The van der Waals surface area contributed by atoms with Crippen molar-refractivity contribution in [2.75, 3.05) is 13.1 Å². The summed E-state index contributed by atoms with van der Waals surface area (Å²) >= 11 is 8.15. The van der Waals surface area contributed by atoms with Crippen molar-refractivity contribution in [2.45, 2.75) is 18.8 Å². The zero-order valence-electron chi connectivity index (χ0n) is 13.4. The van der Waals surface area contributed by atoms with Crippen LogP contribution in [0, 0.1) is 0 Å². The zero-order chi connectivity index (χ0) is 16.5. The van der Waals surface area contributed by atoms with E-state index in [2.05, 4.69) is 35.7 Å². The molecule has 3 aromatic rings. The van der Waals surface area contributed by atoms with Crippen molar-refractivity contribution in [2.24, 2.45) is 0 Å². The van der Waals surface area contributed by atoms with Crippen LogP contribution < -0.4 is 0 Å². The minimum absolute atomic E-state index is 0.553. The van der Waals surface area contributed by atoms with Crippen LogP contribution in [-0.2, 0) is 0 Å². The van der Waals surface area contributed by atoms with E-state index in [9.17, 15) is 0 Å². The Morgan fingerprint density at radius 1 is 1.08 bits per heavy atom. The van der Waals surface area contributed by atoms with Gasteiger partial charge in [0.15, 0.2) is 0 Å². The number of aromatic nitrogens is 1. The van der Waals surface area contributed by atoms with Crippen molar-refractivity contribution in [3.63, 3.8) is 0 Å². The fraction of sp³-hybridized carbons (Fsp3) is 0.250. The number of hydrogen-bond donors (Lipinski definition) is 0. The molecule has 4 rings (SSSR count). The molecule has 2 aromatic carbocycles. The first kappa shape index (κ1) is 15.7. The van der Waals surface area contributed by atoms with E-state index in [1.807, 2.05) is 35.6 Å². The second-order valence-corrected chi connectivity index (χ2v) is 7.68. The van der Waals surface area contributed by atoms with Crippen molar-refractivity contribution in [1.82, 2.24) is 9.88 Å². The molecule has 1 fully saturated rings. The van der Waals surface area contributed by atoms with Crippen LogP contribution in [0.4, 0.5) is 0 Å². The molecule has 0 N–H and O–H groups in total. The molecule has 4 heteroatoms. The highest BCUT2D eigenvalue weighted by Gasteiger charge is 2.24. The monoisotopic (exact) mass is 354 g/mol. The normalized spacial score (nSPS) is 15.8. The standard InChI is InChI=1S/C20H19ClN2S/c1-14(16-6-2-3-7-17(16)21)23-12-10-15(11-13-23)20-22-18-8-4-5-9-19(18)24-20/h2-9,15H,1,10-13H2. The highest BCUT2D eigenvalue weighted by Crippen LogP contribution is 2.36. The number of piperidine rings is 1. The molecule has 122 valence electrons. The Balaban J connectivity index is 1.47. The first-order valence-electron chi connectivity index (χ1n) is 8.26. The van der Waals surface area contributed by atoms with E-state index in [-0.39, 0.29) is 0 Å². The second kappa shape index (κ2) is 6.58. The van der Waals surface area contributed by atoms with Crippen molar-refractivity contribution in [1.29, 1.82) is 0 Å². The van der Waals surface area contributed by atoms with Crippen molar-refractivity contribution >= 4 is 38.9 Å². The molecule has 0 amide bonds. The number of rotatable bonds is 3. The number of para-hydroxylation sites is 1. The van der Waals surface area contributed by atoms with E-state index < -0.39 is 0 Å². The number of likely N-dealkylation sites (tertiary alicyclic amines) is 1. The van der Waals surface area contributed by atoms with Gasteiger partial charge in [-0.25, -0.2) is 4.98 Å². The third-order valence-electron chi connectivity index (χ3n) is 4.72. The summed E-state index contributed by atoms with van der Waals surface area (Å²) < 4.78 is 1.29. The van der Waals surface area contributed by atoms with Gasteiger partial charge in [0.1, 0.15) is 0 Å². The Hall–Kier alpha value is -1.84. The van der Waals surface area contributed by atoms with E-state index in [4.69, 9.17) is 16.6 Å². The Kier molecular flexibility index (Phi) is 4.30. The minimum atomic E-state index is 0.553. The Morgan fingerprint density at radius 3 is 2.54 bits per heavy atom. The van der Waals surface area contributed by atoms with E-state index in [1.165, 1.54) is 9.71 Å². The summed E-state index contributed by atoms with van der Waals surface area (Å²) in [6, 6.07) is 16.3. The van der Waals surface area contributed by atoms with E-state index in [0.29, 0.717) is 5.92 Å². The van der Waals surface area contributed by atoms with Crippen LogP contribution in [0.1, 0.15) is 29.3 Å². The van der Waals surface area contributed by atoms with Gasteiger partial charge in [-0.15, -0.1) is 11.3 Å². The molecule has 0 bridgehead atoms. The maximum absolute atomic E-state index is 6.31. The molecular formula is C20H19ClN2S. The fourth-order valence-corrected chi connectivity index (χ4v) is 4.71. The maximum atomic E-state index is 6.31. The topological polar surface area (TPSA) is 16.1 Å². The van der Waals surface area contributed by atoms with Gasteiger partial charge >= 0.3 is 0 Å². The van der Waals surface area contributed by atoms with Crippen LogP contribution in [-0.4, -0.2) is 23.0 Å². The van der Waals surface area contributed by atoms with Gasteiger partial charge < -0.3 is 4.90 Å². The van der Waals surface area contributed by atoms with Gasteiger partial charge in [-0.1, -0.05) is 48.5 Å². The van der Waals surface area contributed by atoms with Gasteiger partial charge in [-0.05, 0) is 31.0 Å². The van der Waals surface area contributed by atoms with Gasteiger partial charge in [0, 0.05) is 35.3 Å². The molecule has 1 saturated heterocycles. The molecule has 24 heavy (non-hydrogen) atoms. The van der Waals surface area contributed by atoms with Crippen molar-refractivity contribution < 1.29 is 0 Å². The van der Waals surface area contributed by atoms with Gasteiger partial charge in [-0.2, -0.15) is 0 Å². The smallest absolute Gasteiger partial charge is 0.0970 e. The molecule has 1 aromatic heterocycles. The molecule has 1 aliphatic rings. The highest BCUT2D eigenvalue weighted by atomic mass is 35.5. The SMILES string of the molecule is C=C(c1ccccc1Cl)N1CCC(c2nc3ccccc3s2)CC1. The van der Waals surface area contributed by atoms with Crippen LogP contribution in [0.3, 0.4) is 0 Å². The summed E-state index contributed by atoms with van der Waals surface area (Å²) in [6.45, 7) is 6.28. The van der Waals surface area contributed by atoms with Gasteiger partial charge in [0.05, 0.1) is 15.2 Å². The summed E-state index contributed by atoms with van der Waals surface area (Å²) in [6.07, 6.45) is 2.23. The lowest BCUT2D eigenvalue weighted by molar-refractivity contribution is 0.299. The molecule has 0 saturated carbocycles. The number of halogens is 1. The molecule has 0 radical (unpaired) electrons. The van der Waals surface area contributed by atoms with Crippen LogP contribution >= 0.6 is 22.9 Å². The fourth-order valence-electron chi connectivity index (χ4n) is 3.33. The van der Waals surface area contributed by atoms with Crippen LogP contribution in [0.5, 0.6) is 0 Å². The Morgan fingerprint density at radius 2 is 1.79 bits per heavy atom. The number of hydrogen-bond acceptors (Lipinski definition) is 3. The summed E-state index contributed by atoms with van der Waals surface area (Å²) in [7, 11) is 0. The number of fused-ring (bicyclic) bond motifs is 1. The minimum Gasteiger partial charge on any atom is -0.371 e. The molecular weight excluding hydrogens is 336 g/mol. The number of thiazole rings is 1. The molecule has 1 aliphatic heterocycles. The van der Waals surface area contributed by atoms with Crippen molar-refractivity contribution in [3.8, 4) is 0 Å².